The number of nitrogens with zero attached hydrogens (tertiary/aromatic N) is 5. The van der Waals surface area contributed by atoms with Gasteiger partial charge in [-0.25, -0.2) is 15.0 Å². The van der Waals surface area contributed by atoms with Gasteiger partial charge in [0.1, 0.15) is 6.33 Å². The number of hydrogen-bond acceptors (Lipinski definition) is 5. The number of rotatable bonds is 3. The molecule has 0 saturated heterocycles. The number of pyridine rings is 1. The van der Waals surface area contributed by atoms with E-state index in [0.29, 0.717) is 5.65 Å². The van der Waals surface area contributed by atoms with Crippen LogP contribution < -0.4 is 5.56 Å². The third-order valence-corrected chi connectivity index (χ3v) is 3.42. The monoisotopic (exact) mass is 281 g/mol. The van der Waals surface area contributed by atoms with Crippen LogP contribution in [0.4, 0.5) is 0 Å². The highest BCUT2D eigenvalue weighted by Crippen LogP contribution is 2.19. The highest BCUT2D eigenvalue weighted by atomic mass is 16.1. The molecular weight excluding hydrogens is 266 g/mol. The molecule has 0 bridgehead atoms. The van der Waals surface area contributed by atoms with Crippen molar-refractivity contribution in [1.82, 2.24) is 24.5 Å². The zero-order chi connectivity index (χ0) is 14.8. The lowest BCUT2D eigenvalue weighted by Crippen LogP contribution is -2.27. The summed E-state index contributed by atoms with van der Waals surface area (Å²) in [5, 5.41) is 0. The largest absolute Gasteiger partial charge is 0.288 e. The molecule has 0 aromatic carbocycles. The molecule has 3 heterocycles. The number of aromatic nitrogens is 5. The van der Waals surface area contributed by atoms with E-state index in [0.717, 1.165) is 17.7 Å². The molecule has 0 radical (unpaired) electrons. The minimum absolute atomic E-state index is 0.156. The zero-order valence-electron chi connectivity index (χ0n) is 11.9. The van der Waals surface area contributed by atoms with Crippen molar-refractivity contribution in [3.05, 3.63) is 58.7 Å². The molecule has 1 atom stereocenters. The fourth-order valence-corrected chi connectivity index (χ4v) is 2.38. The van der Waals surface area contributed by atoms with Crippen molar-refractivity contribution in [2.45, 2.75) is 26.3 Å². The summed E-state index contributed by atoms with van der Waals surface area (Å²) < 4.78 is 1.58. The first-order chi connectivity index (χ1) is 10.2. The molecular formula is C15H15N5O. The van der Waals surface area contributed by atoms with Crippen molar-refractivity contribution in [1.29, 1.82) is 0 Å². The molecule has 3 aromatic heterocycles. The lowest BCUT2D eigenvalue weighted by atomic mass is 10.1. The average molecular weight is 281 g/mol. The van der Waals surface area contributed by atoms with Crippen LogP contribution >= 0.6 is 0 Å². The third kappa shape index (κ3) is 2.40. The van der Waals surface area contributed by atoms with Crippen LogP contribution in [0, 0.1) is 6.92 Å². The van der Waals surface area contributed by atoms with Crippen LogP contribution in [0.5, 0.6) is 0 Å². The highest BCUT2D eigenvalue weighted by molar-refractivity contribution is 5.67. The average Bonchev–Trinajstić information content (AvgIpc) is 2.51. The Morgan fingerprint density at radius 1 is 1.14 bits per heavy atom. The lowest BCUT2D eigenvalue weighted by molar-refractivity contribution is 0.529. The standard InChI is InChI=1S/C15H15N5O/c1-3-12(11-8-10(2)4-5-16-11)20-9-19-14-13(15(20)21)17-6-7-18-14/h4-9,12H,3H2,1-2H3/t12-/m0/s1. The van der Waals surface area contributed by atoms with E-state index >= 15 is 0 Å². The minimum Gasteiger partial charge on any atom is -0.288 e. The Kier molecular flexibility index (Phi) is 3.43. The van der Waals surface area contributed by atoms with Crippen LogP contribution in [0.15, 0.2) is 41.8 Å². The molecule has 106 valence electrons. The van der Waals surface area contributed by atoms with Gasteiger partial charge >= 0.3 is 0 Å². The van der Waals surface area contributed by atoms with Crippen molar-refractivity contribution in [2.24, 2.45) is 0 Å². The fraction of sp³-hybridized carbons (Fsp3) is 0.267. The fourth-order valence-electron chi connectivity index (χ4n) is 2.38. The van der Waals surface area contributed by atoms with Gasteiger partial charge < -0.3 is 0 Å². The predicted octanol–water partition coefficient (Wildman–Crippen LogP) is 1.89. The summed E-state index contributed by atoms with van der Waals surface area (Å²) in [6.07, 6.45) is 7.05. The Morgan fingerprint density at radius 3 is 2.71 bits per heavy atom. The molecule has 0 amide bonds. The van der Waals surface area contributed by atoms with Gasteiger partial charge in [0, 0.05) is 18.6 Å². The maximum Gasteiger partial charge on any atom is 0.282 e. The van der Waals surface area contributed by atoms with E-state index in [1.807, 2.05) is 26.0 Å². The van der Waals surface area contributed by atoms with E-state index in [4.69, 9.17) is 0 Å². The summed E-state index contributed by atoms with van der Waals surface area (Å²) >= 11 is 0. The van der Waals surface area contributed by atoms with Gasteiger partial charge in [-0.3, -0.25) is 14.3 Å². The smallest absolute Gasteiger partial charge is 0.282 e. The van der Waals surface area contributed by atoms with E-state index in [9.17, 15) is 4.79 Å². The second kappa shape index (κ2) is 5.40. The molecule has 0 aliphatic carbocycles. The van der Waals surface area contributed by atoms with Gasteiger partial charge in [-0.2, -0.15) is 0 Å². The maximum atomic E-state index is 12.6. The quantitative estimate of drug-likeness (QED) is 0.733. The second-order valence-corrected chi connectivity index (χ2v) is 4.87. The van der Waals surface area contributed by atoms with Crippen LogP contribution in [0.3, 0.4) is 0 Å². The summed E-state index contributed by atoms with van der Waals surface area (Å²) in [5.41, 5.74) is 2.42. The Hall–Kier alpha value is -2.63. The number of aryl methyl sites for hydroxylation is 1. The van der Waals surface area contributed by atoms with Gasteiger partial charge in [0.2, 0.25) is 0 Å². The van der Waals surface area contributed by atoms with Gasteiger partial charge in [-0.15, -0.1) is 0 Å². The molecule has 6 heteroatoms. The normalized spacial score (nSPS) is 12.5. The summed E-state index contributed by atoms with van der Waals surface area (Å²) in [4.78, 5) is 29.3. The molecule has 6 nitrogen and oxygen atoms in total. The van der Waals surface area contributed by atoms with Gasteiger partial charge in [-0.05, 0) is 31.0 Å². The van der Waals surface area contributed by atoms with Crippen LogP contribution in [0.25, 0.3) is 11.2 Å². The summed E-state index contributed by atoms with van der Waals surface area (Å²) in [5.74, 6) is 0. The molecule has 0 N–H and O–H groups in total. The lowest BCUT2D eigenvalue weighted by Gasteiger charge is -2.17. The first-order valence-corrected chi connectivity index (χ1v) is 6.81. The van der Waals surface area contributed by atoms with Crippen molar-refractivity contribution >= 4 is 11.2 Å². The van der Waals surface area contributed by atoms with E-state index in [-0.39, 0.29) is 17.1 Å². The van der Waals surface area contributed by atoms with Crippen molar-refractivity contribution in [2.75, 3.05) is 0 Å². The second-order valence-electron chi connectivity index (χ2n) is 4.87. The van der Waals surface area contributed by atoms with Crippen LogP contribution in [0.2, 0.25) is 0 Å². The highest BCUT2D eigenvalue weighted by Gasteiger charge is 2.17. The van der Waals surface area contributed by atoms with Gasteiger partial charge in [-0.1, -0.05) is 6.92 Å². The summed E-state index contributed by atoms with van der Waals surface area (Å²) in [6, 6.07) is 3.77. The summed E-state index contributed by atoms with van der Waals surface area (Å²) in [6.45, 7) is 4.02. The molecule has 0 saturated carbocycles. The predicted molar refractivity (Wildman–Crippen MR) is 79.0 cm³/mol. The molecule has 0 spiro atoms. The number of fused-ring (bicyclic) bond motifs is 1. The molecule has 21 heavy (non-hydrogen) atoms. The number of hydrogen-bond donors (Lipinski definition) is 0. The Balaban J connectivity index is 2.18. The van der Waals surface area contributed by atoms with E-state index in [2.05, 4.69) is 19.9 Å². The van der Waals surface area contributed by atoms with Crippen molar-refractivity contribution in [3.63, 3.8) is 0 Å². The molecule has 0 aliphatic rings. The first-order valence-electron chi connectivity index (χ1n) is 6.81. The first kappa shape index (κ1) is 13.4. The van der Waals surface area contributed by atoms with Gasteiger partial charge in [0.05, 0.1) is 11.7 Å². The summed E-state index contributed by atoms with van der Waals surface area (Å²) in [7, 11) is 0. The maximum absolute atomic E-state index is 12.6. The molecule has 3 aromatic rings. The molecule has 3 rings (SSSR count). The van der Waals surface area contributed by atoms with E-state index < -0.39 is 0 Å². The van der Waals surface area contributed by atoms with E-state index in [1.165, 1.54) is 18.7 Å². The SMILES string of the molecule is CC[C@@H](c1cc(C)ccn1)n1cnc2nccnc2c1=O. The van der Waals surface area contributed by atoms with Crippen LogP contribution in [0.1, 0.15) is 30.6 Å². The van der Waals surface area contributed by atoms with Crippen LogP contribution in [-0.2, 0) is 0 Å². The molecule has 0 aliphatic heterocycles. The minimum atomic E-state index is -0.191. The van der Waals surface area contributed by atoms with Gasteiger partial charge in [0.25, 0.3) is 5.56 Å². The van der Waals surface area contributed by atoms with Gasteiger partial charge in [0.15, 0.2) is 11.2 Å². The Labute approximate surface area is 121 Å². The van der Waals surface area contributed by atoms with Crippen molar-refractivity contribution in [3.8, 4) is 0 Å². The Morgan fingerprint density at radius 2 is 1.95 bits per heavy atom. The van der Waals surface area contributed by atoms with Crippen molar-refractivity contribution < 1.29 is 0 Å². The molecule has 0 fully saturated rings. The topological polar surface area (TPSA) is 73.6 Å². The Bertz CT molecular complexity index is 843. The van der Waals surface area contributed by atoms with E-state index in [1.54, 1.807) is 10.8 Å². The molecule has 0 unspecified atom stereocenters. The van der Waals surface area contributed by atoms with Crippen LogP contribution in [-0.4, -0.2) is 24.5 Å². The zero-order valence-corrected chi connectivity index (χ0v) is 11.9. The third-order valence-electron chi connectivity index (χ3n) is 3.42.